The minimum absolute atomic E-state index is 0.00458. The molecule has 0 amide bonds. The molecule has 0 saturated carbocycles. The van der Waals surface area contributed by atoms with E-state index in [2.05, 4.69) is 24.1 Å². The fourth-order valence-corrected chi connectivity index (χ4v) is 2.91. The van der Waals surface area contributed by atoms with Crippen molar-refractivity contribution in [3.8, 4) is 5.75 Å². The van der Waals surface area contributed by atoms with Crippen molar-refractivity contribution < 1.29 is 18.1 Å². The summed E-state index contributed by atoms with van der Waals surface area (Å²) in [6.45, 7) is 9.39. The number of phenols is 1. The van der Waals surface area contributed by atoms with Crippen molar-refractivity contribution in [2.45, 2.75) is 58.3 Å². The number of benzene rings is 1. The average Bonchev–Trinajstić information content (AvgIpc) is 2.45. The van der Waals surface area contributed by atoms with E-state index in [1.165, 1.54) is 19.1 Å². The van der Waals surface area contributed by atoms with Gasteiger partial charge in [0.2, 0.25) is 5.96 Å². The standard InChI is InChI=1S/C10H14O4S.C7H16N4/c1-6(2)8-5-10(15(12,13)14)7(3)4-9(8)11;1-3-4-6(2)5-10-11-7(8)9/h4-6,11H,1-3H3,(H,12,13,14);5-6H,3-4H2,1-2H3,(H4,8,9,11)/b;10-5+. The van der Waals surface area contributed by atoms with Gasteiger partial charge in [0.05, 0.1) is 4.90 Å². The van der Waals surface area contributed by atoms with E-state index in [0.717, 1.165) is 12.8 Å². The number of hydrogen-bond acceptors (Lipinski definition) is 5. The highest BCUT2D eigenvalue weighted by Gasteiger charge is 2.17. The van der Waals surface area contributed by atoms with E-state index in [9.17, 15) is 13.5 Å². The normalized spacial score (nSPS) is 12.6. The van der Waals surface area contributed by atoms with Crippen molar-refractivity contribution in [2.75, 3.05) is 0 Å². The maximum atomic E-state index is 11.0. The molecule has 1 atom stereocenters. The van der Waals surface area contributed by atoms with Gasteiger partial charge in [0.25, 0.3) is 10.1 Å². The molecule has 0 aliphatic rings. The smallest absolute Gasteiger partial charge is 0.294 e. The molecule has 1 aromatic rings. The highest BCUT2D eigenvalue weighted by Crippen LogP contribution is 2.30. The summed E-state index contributed by atoms with van der Waals surface area (Å²) in [5.74, 6) is 0.494. The monoisotopic (exact) mass is 386 g/mol. The second kappa shape index (κ2) is 10.8. The van der Waals surface area contributed by atoms with Gasteiger partial charge in [0, 0.05) is 6.21 Å². The maximum absolute atomic E-state index is 11.0. The Balaban J connectivity index is 0.000000508. The van der Waals surface area contributed by atoms with Gasteiger partial charge in [-0.1, -0.05) is 34.1 Å². The van der Waals surface area contributed by atoms with Crippen LogP contribution in [0.1, 0.15) is 57.6 Å². The summed E-state index contributed by atoms with van der Waals surface area (Å²) >= 11 is 0. The van der Waals surface area contributed by atoms with Crippen LogP contribution in [-0.4, -0.2) is 30.3 Å². The molecule has 0 aliphatic heterocycles. The lowest BCUT2D eigenvalue weighted by Gasteiger charge is -2.11. The Morgan fingerprint density at radius 1 is 1.27 bits per heavy atom. The van der Waals surface area contributed by atoms with Crippen LogP contribution in [0.5, 0.6) is 5.75 Å². The number of nitrogens with two attached hydrogens (primary N) is 2. The van der Waals surface area contributed by atoms with Crippen molar-refractivity contribution in [3.63, 3.8) is 0 Å². The van der Waals surface area contributed by atoms with Crippen LogP contribution in [0.15, 0.2) is 27.2 Å². The lowest BCUT2D eigenvalue weighted by molar-refractivity contribution is 0.461. The molecule has 148 valence electrons. The highest BCUT2D eigenvalue weighted by molar-refractivity contribution is 7.85. The summed E-state index contributed by atoms with van der Waals surface area (Å²) in [6.07, 6.45) is 4.02. The first kappa shape index (κ1) is 23.9. The van der Waals surface area contributed by atoms with Crippen molar-refractivity contribution in [2.24, 2.45) is 27.6 Å². The summed E-state index contributed by atoms with van der Waals surface area (Å²) in [4.78, 5) is -0.149. The Morgan fingerprint density at radius 3 is 2.27 bits per heavy atom. The van der Waals surface area contributed by atoms with Crippen LogP contribution < -0.4 is 11.5 Å². The summed E-state index contributed by atoms with van der Waals surface area (Å²) < 4.78 is 31.0. The van der Waals surface area contributed by atoms with Gasteiger partial charge in [-0.05, 0) is 48.4 Å². The molecule has 26 heavy (non-hydrogen) atoms. The third kappa shape index (κ3) is 8.82. The number of hydrogen-bond donors (Lipinski definition) is 4. The Bertz CT molecular complexity index is 739. The topological polar surface area (TPSA) is 151 Å². The third-order valence-corrected chi connectivity index (χ3v) is 4.46. The van der Waals surface area contributed by atoms with E-state index in [4.69, 9.17) is 16.0 Å². The van der Waals surface area contributed by atoms with Gasteiger partial charge in [-0.2, -0.15) is 13.5 Å². The molecule has 1 rings (SSSR count). The Morgan fingerprint density at radius 2 is 1.85 bits per heavy atom. The first-order valence-corrected chi connectivity index (χ1v) is 9.77. The largest absolute Gasteiger partial charge is 0.508 e. The van der Waals surface area contributed by atoms with Gasteiger partial charge in [0.1, 0.15) is 5.75 Å². The molecule has 0 saturated heterocycles. The molecule has 0 aliphatic carbocycles. The van der Waals surface area contributed by atoms with E-state index < -0.39 is 10.1 Å². The maximum Gasteiger partial charge on any atom is 0.294 e. The van der Waals surface area contributed by atoms with E-state index in [1.807, 2.05) is 13.8 Å². The fraction of sp³-hybridized carbons (Fsp3) is 0.529. The SMILES string of the molecule is CCCC(C)/C=N/N=C(N)N.Cc1cc(O)c(C(C)C)cc1S(=O)(=O)O. The first-order chi connectivity index (χ1) is 11.9. The molecule has 9 heteroatoms. The van der Waals surface area contributed by atoms with Gasteiger partial charge >= 0.3 is 0 Å². The molecule has 0 radical (unpaired) electrons. The quantitative estimate of drug-likeness (QED) is 0.255. The van der Waals surface area contributed by atoms with Crippen LogP contribution >= 0.6 is 0 Å². The van der Waals surface area contributed by atoms with Gasteiger partial charge in [-0.3, -0.25) is 4.55 Å². The first-order valence-electron chi connectivity index (χ1n) is 8.33. The number of phenolic OH excluding ortho intramolecular Hbond substituents is 1. The van der Waals surface area contributed by atoms with Crippen LogP contribution in [-0.2, 0) is 10.1 Å². The number of rotatable bonds is 6. The van der Waals surface area contributed by atoms with Gasteiger partial charge < -0.3 is 16.6 Å². The average molecular weight is 387 g/mol. The van der Waals surface area contributed by atoms with E-state index in [1.54, 1.807) is 6.21 Å². The van der Waals surface area contributed by atoms with Gasteiger partial charge in [0.15, 0.2) is 0 Å². The lowest BCUT2D eigenvalue weighted by atomic mass is 10.0. The number of aromatic hydroxyl groups is 1. The van der Waals surface area contributed by atoms with Crippen molar-refractivity contribution in [1.29, 1.82) is 0 Å². The summed E-state index contributed by atoms with van der Waals surface area (Å²) in [5.41, 5.74) is 11.0. The predicted octanol–water partition coefficient (Wildman–Crippen LogP) is 2.75. The Labute approximate surface area is 155 Å². The Kier molecular flexibility index (Phi) is 9.89. The minimum atomic E-state index is -4.22. The van der Waals surface area contributed by atoms with Crippen molar-refractivity contribution in [1.82, 2.24) is 0 Å². The lowest BCUT2D eigenvalue weighted by Crippen LogP contribution is -2.21. The number of nitrogens with zero attached hydrogens (tertiary/aromatic N) is 2. The van der Waals surface area contributed by atoms with E-state index in [0.29, 0.717) is 17.0 Å². The minimum Gasteiger partial charge on any atom is -0.508 e. The number of aryl methyl sites for hydroxylation is 1. The van der Waals surface area contributed by atoms with Crippen LogP contribution in [0.25, 0.3) is 0 Å². The zero-order chi connectivity index (χ0) is 20.5. The van der Waals surface area contributed by atoms with Crippen LogP contribution in [0, 0.1) is 12.8 Å². The van der Waals surface area contributed by atoms with Crippen LogP contribution in [0.3, 0.4) is 0 Å². The molecule has 0 bridgehead atoms. The second-order valence-corrected chi connectivity index (χ2v) is 7.75. The van der Waals surface area contributed by atoms with Gasteiger partial charge in [-0.25, -0.2) is 0 Å². The van der Waals surface area contributed by atoms with Gasteiger partial charge in [-0.15, -0.1) is 5.10 Å². The molecule has 6 N–H and O–H groups in total. The molecular formula is C17H30N4O4S. The molecule has 1 aromatic carbocycles. The molecule has 0 heterocycles. The molecular weight excluding hydrogens is 356 g/mol. The molecule has 0 spiro atoms. The van der Waals surface area contributed by atoms with Crippen molar-refractivity contribution >= 4 is 22.3 Å². The van der Waals surface area contributed by atoms with Crippen LogP contribution in [0.4, 0.5) is 0 Å². The molecule has 0 aromatic heterocycles. The number of guanidine groups is 1. The summed E-state index contributed by atoms with van der Waals surface area (Å²) in [5, 5.41) is 16.8. The van der Waals surface area contributed by atoms with Crippen molar-refractivity contribution in [3.05, 3.63) is 23.3 Å². The molecule has 1 unspecified atom stereocenters. The third-order valence-electron chi connectivity index (χ3n) is 3.46. The second-order valence-electron chi connectivity index (χ2n) is 6.36. The van der Waals surface area contributed by atoms with E-state index >= 15 is 0 Å². The van der Waals surface area contributed by atoms with Crippen LogP contribution in [0.2, 0.25) is 0 Å². The summed E-state index contributed by atoms with van der Waals surface area (Å²) in [7, 11) is -4.22. The molecule has 8 nitrogen and oxygen atoms in total. The highest BCUT2D eigenvalue weighted by atomic mass is 32.2. The van der Waals surface area contributed by atoms with E-state index in [-0.39, 0.29) is 22.5 Å². The zero-order valence-corrected chi connectivity index (χ0v) is 16.8. The molecule has 0 fully saturated rings. The zero-order valence-electron chi connectivity index (χ0n) is 16.0. The Hall–Kier alpha value is -2.13. The predicted molar refractivity (Wildman–Crippen MR) is 105 cm³/mol. The fourth-order valence-electron chi connectivity index (χ4n) is 2.17. The summed E-state index contributed by atoms with van der Waals surface area (Å²) in [6, 6.07) is 2.66.